The maximum Gasteiger partial charge on any atom is 0.306 e. The van der Waals surface area contributed by atoms with Gasteiger partial charge < -0.3 is 5.11 Å². The molecular formula is C11H15NO2. The lowest BCUT2D eigenvalue weighted by molar-refractivity contribution is -0.141. The summed E-state index contributed by atoms with van der Waals surface area (Å²) >= 11 is 0. The van der Waals surface area contributed by atoms with E-state index in [2.05, 4.69) is 4.98 Å². The first-order chi connectivity index (χ1) is 6.54. The normalized spacial score (nSPS) is 14.8. The molecule has 1 aromatic heterocycles. The van der Waals surface area contributed by atoms with Crippen molar-refractivity contribution in [3.63, 3.8) is 0 Å². The van der Waals surface area contributed by atoms with Crippen LogP contribution >= 0.6 is 0 Å². The number of hydrogen-bond donors (Lipinski definition) is 1. The zero-order valence-electron chi connectivity index (χ0n) is 8.69. The fourth-order valence-electron chi connectivity index (χ4n) is 1.43. The molecule has 0 unspecified atom stereocenters. The minimum Gasteiger partial charge on any atom is -0.481 e. The van der Waals surface area contributed by atoms with Gasteiger partial charge in [-0.2, -0.15) is 0 Å². The van der Waals surface area contributed by atoms with Crippen LogP contribution in [0.25, 0.3) is 0 Å². The third kappa shape index (κ3) is 2.10. The van der Waals surface area contributed by atoms with Gasteiger partial charge in [-0.15, -0.1) is 0 Å². The molecule has 14 heavy (non-hydrogen) atoms. The standard InChI is InChI=1S/C11H15NO2/c1-7-5-4-6-12-10(7)8(2)9(3)11(13)14/h4-6,8-9H,1-3H3,(H,13,14)/t8-,9-/m0/s1. The van der Waals surface area contributed by atoms with Crippen LogP contribution in [0, 0.1) is 12.8 Å². The maximum atomic E-state index is 10.8. The van der Waals surface area contributed by atoms with E-state index in [1.165, 1.54) is 0 Å². The quantitative estimate of drug-likeness (QED) is 0.800. The summed E-state index contributed by atoms with van der Waals surface area (Å²) in [7, 11) is 0. The summed E-state index contributed by atoms with van der Waals surface area (Å²) < 4.78 is 0. The Bertz CT molecular complexity index is 336. The van der Waals surface area contributed by atoms with Crippen LogP contribution in [0.15, 0.2) is 18.3 Å². The van der Waals surface area contributed by atoms with Crippen LogP contribution < -0.4 is 0 Å². The number of carbonyl (C=O) groups is 1. The largest absolute Gasteiger partial charge is 0.481 e. The van der Waals surface area contributed by atoms with Gasteiger partial charge in [-0.05, 0) is 18.6 Å². The molecule has 3 heteroatoms. The topological polar surface area (TPSA) is 50.2 Å². The van der Waals surface area contributed by atoms with E-state index >= 15 is 0 Å². The van der Waals surface area contributed by atoms with Crippen LogP contribution in [0.2, 0.25) is 0 Å². The van der Waals surface area contributed by atoms with Gasteiger partial charge in [-0.1, -0.05) is 19.9 Å². The average molecular weight is 193 g/mol. The van der Waals surface area contributed by atoms with Crippen molar-refractivity contribution < 1.29 is 9.90 Å². The molecule has 1 aromatic rings. The summed E-state index contributed by atoms with van der Waals surface area (Å²) in [6.07, 6.45) is 1.70. The van der Waals surface area contributed by atoms with Crippen LogP contribution in [0.4, 0.5) is 0 Å². The van der Waals surface area contributed by atoms with E-state index in [-0.39, 0.29) is 5.92 Å². The van der Waals surface area contributed by atoms with Gasteiger partial charge in [0.15, 0.2) is 0 Å². The summed E-state index contributed by atoms with van der Waals surface area (Å²) in [6, 6.07) is 3.81. The first-order valence-corrected chi connectivity index (χ1v) is 4.68. The molecule has 76 valence electrons. The zero-order valence-corrected chi connectivity index (χ0v) is 8.69. The molecule has 0 spiro atoms. The Morgan fingerprint density at radius 3 is 2.64 bits per heavy atom. The number of pyridine rings is 1. The van der Waals surface area contributed by atoms with Crippen molar-refractivity contribution in [2.24, 2.45) is 5.92 Å². The fourth-order valence-corrected chi connectivity index (χ4v) is 1.43. The number of aryl methyl sites for hydroxylation is 1. The van der Waals surface area contributed by atoms with Crippen molar-refractivity contribution in [3.05, 3.63) is 29.6 Å². The molecule has 3 nitrogen and oxygen atoms in total. The van der Waals surface area contributed by atoms with E-state index in [9.17, 15) is 4.79 Å². The van der Waals surface area contributed by atoms with Crippen LogP contribution in [-0.4, -0.2) is 16.1 Å². The fraction of sp³-hybridized carbons (Fsp3) is 0.455. The molecule has 0 aliphatic carbocycles. The number of nitrogens with zero attached hydrogens (tertiary/aromatic N) is 1. The number of carboxylic acids is 1. The minimum absolute atomic E-state index is 0.0475. The molecule has 1 heterocycles. The van der Waals surface area contributed by atoms with Crippen LogP contribution in [-0.2, 0) is 4.79 Å². The number of aliphatic carboxylic acids is 1. The number of aromatic nitrogens is 1. The van der Waals surface area contributed by atoms with Gasteiger partial charge >= 0.3 is 5.97 Å². The van der Waals surface area contributed by atoms with Crippen LogP contribution in [0.1, 0.15) is 31.0 Å². The molecule has 1 rings (SSSR count). The van der Waals surface area contributed by atoms with E-state index in [4.69, 9.17) is 5.11 Å². The number of rotatable bonds is 3. The molecule has 1 N–H and O–H groups in total. The second kappa shape index (κ2) is 4.22. The van der Waals surface area contributed by atoms with E-state index in [0.717, 1.165) is 11.3 Å². The Hall–Kier alpha value is -1.38. The zero-order chi connectivity index (χ0) is 10.7. The highest BCUT2D eigenvalue weighted by atomic mass is 16.4. The molecule has 0 aliphatic heterocycles. The van der Waals surface area contributed by atoms with Crippen molar-refractivity contribution in [3.8, 4) is 0 Å². The lowest BCUT2D eigenvalue weighted by Crippen LogP contribution is -2.18. The highest BCUT2D eigenvalue weighted by Gasteiger charge is 2.22. The van der Waals surface area contributed by atoms with Crippen LogP contribution in [0.3, 0.4) is 0 Å². The van der Waals surface area contributed by atoms with E-state index in [1.807, 2.05) is 26.0 Å². The third-order valence-electron chi connectivity index (χ3n) is 2.62. The van der Waals surface area contributed by atoms with E-state index in [0.29, 0.717) is 0 Å². The molecule has 0 fully saturated rings. The van der Waals surface area contributed by atoms with Gasteiger partial charge in [-0.3, -0.25) is 9.78 Å². The Morgan fingerprint density at radius 1 is 1.50 bits per heavy atom. The SMILES string of the molecule is Cc1cccnc1[C@@H](C)[C@H](C)C(=O)O. The van der Waals surface area contributed by atoms with Crippen molar-refractivity contribution in [1.29, 1.82) is 0 Å². The second-order valence-corrected chi connectivity index (χ2v) is 3.62. The lowest BCUT2D eigenvalue weighted by atomic mass is 9.90. The van der Waals surface area contributed by atoms with Crippen molar-refractivity contribution in [2.75, 3.05) is 0 Å². The van der Waals surface area contributed by atoms with E-state index in [1.54, 1.807) is 13.1 Å². The summed E-state index contributed by atoms with van der Waals surface area (Å²) in [6.45, 7) is 5.56. The van der Waals surface area contributed by atoms with Gasteiger partial charge in [0.2, 0.25) is 0 Å². The van der Waals surface area contributed by atoms with Gasteiger partial charge in [0.25, 0.3) is 0 Å². The van der Waals surface area contributed by atoms with Gasteiger partial charge in [0.05, 0.1) is 5.92 Å². The Morgan fingerprint density at radius 2 is 2.14 bits per heavy atom. The molecule has 0 radical (unpaired) electrons. The Balaban J connectivity index is 2.94. The summed E-state index contributed by atoms with van der Waals surface area (Å²) in [5.41, 5.74) is 1.93. The Kier molecular flexibility index (Phi) is 3.23. The van der Waals surface area contributed by atoms with Crippen molar-refractivity contribution >= 4 is 5.97 Å². The molecule has 2 atom stereocenters. The monoisotopic (exact) mass is 193 g/mol. The summed E-state index contributed by atoms with van der Waals surface area (Å²) in [5.74, 6) is -1.22. The van der Waals surface area contributed by atoms with Gasteiger partial charge in [-0.25, -0.2) is 0 Å². The predicted octanol–water partition coefficient (Wildman–Crippen LogP) is 2.21. The summed E-state index contributed by atoms with van der Waals surface area (Å²) in [5, 5.41) is 8.88. The third-order valence-corrected chi connectivity index (χ3v) is 2.62. The predicted molar refractivity (Wildman–Crippen MR) is 54.2 cm³/mol. The number of carboxylic acid groups (broad SMARTS) is 1. The smallest absolute Gasteiger partial charge is 0.306 e. The molecule has 0 amide bonds. The first kappa shape index (κ1) is 10.7. The van der Waals surface area contributed by atoms with Crippen molar-refractivity contribution in [2.45, 2.75) is 26.7 Å². The molecule has 0 aliphatic rings. The highest BCUT2D eigenvalue weighted by Crippen LogP contribution is 2.24. The van der Waals surface area contributed by atoms with Crippen LogP contribution in [0.5, 0.6) is 0 Å². The molecule has 0 bridgehead atoms. The minimum atomic E-state index is -0.775. The van der Waals surface area contributed by atoms with Gasteiger partial charge in [0.1, 0.15) is 0 Å². The molecule has 0 aromatic carbocycles. The lowest BCUT2D eigenvalue weighted by Gasteiger charge is -2.16. The average Bonchev–Trinajstić information content (AvgIpc) is 2.16. The molecule has 0 saturated carbocycles. The number of hydrogen-bond acceptors (Lipinski definition) is 2. The maximum absolute atomic E-state index is 10.8. The summed E-state index contributed by atoms with van der Waals surface area (Å²) in [4.78, 5) is 15.0. The first-order valence-electron chi connectivity index (χ1n) is 4.68. The van der Waals surface area contributed by atoms with Gasteiger partial charge in [0, 0.05) is 17.8 Å². The van der Waals surface area contributed by atoms with E-state index < -0.39 is 11.9 Å². The molecule has 0 saturated heterocycles. The highest BCUT2D eigenvalue weighted by molar-refractivity contribution is 5.70. The molecular weight excluding hydrogens is 178 g/mol. The Labute approximate surface area is 83.8 Å². The second-order valence-electron chi connectivity index (χ2n) is 3.62. The van der Waals surface area contributed by atoms with Crippen molar-refractivity contribution in [1.82, 2.24) is 4.98 Å².